The Bertz CT molecular complexity index is 778. The minimum absolute atomic E-state index is 0. The number of guanidine groups is 1. The average molecular weight is 545 g/mol. The first-order valence-electron chi connectivity index (χ1n) is 8.52. The van der Waals surface area contributed by atoms with Crippen LogP contribution in [0.15, 0.2) is 33.2 Å². The van der Waals surface area contributed by atoms with Gasteiger partial charge in [0.25, 0.3) is 0 Å². The molecular formula is C17H23F3IN5O2S. The number of nitrogens with zero attached hydrogens (tertiary/aromatic N) is 3. The lowest BCUT2D eigenvalue weighted by Crippen LogP contribution is -2.40. The van der Waals surface area contributed by atoms with E-state index >= 15 is 0 Å². The number of hydrogen-bond acceptors (Lipinski definition) is 5. The molecule has 2 aromatic heterocycles. The second-order valence-electron chi connectivity index (χ2n) is 6.01. The maximum Gasteiger partial charge on any atom is 0.434 e. The Morgan fingerprint density at radius 2 is 1.97 bits per heavy atom. The quantitative estimate of drug-likeness (QED) is 0.303. The van der Waals surface area contributed by atoms with Gasteiger partial charge in [-0.3, -0.25) is 4.79 Å². The Morgan fingerprint density at radius 3 is 2.52 bits per heavy atom. The first-order chi connectivity index (χ1) is 13.3. The summed E-state index contributed by atoms with van der Waals surface area (Å²) in [5.41, 5.74) is -0.880. The SMILES string of the molecule is CN(C)C(=O)CN=C(NCCc1ccco1)NCCc1nc(C(F)(F)F)cs1.I. The number of carbonyl (C=O) groups excluding carboxylic acids is 1. The largest absolute Gasteiger partial charge is 0.469 e. The maximum atomic E-state index is 12.6. The number of rotatable bonds is 8. The van der Waals surface area contributed by atoms with E-state index in [0.717, 1.165) is 22.5 Å². The number of carbonyl (C=O) groups is 1. The molecule has 2 N–H and O–H groups in total. The van der Waals surface area contributed by atoms with Crippen molar-refractivity contribution in [1.29, 1.82) is 0 Å². The Balaban J connectivity index is 0.00000420. The molecule has 0 saturated carbocycles. The highest BCUT2D eigenvalue weighted by Crippen LogP contribution is 2.29. The van der Waals surface area contributed by atoms with E-state index in [9.17, 15) is 18.0 Å². The summed E-state index contributed by atoms with van der Waals surface area (Å²) in [4.78, 5) is 21.0. The molecule has 0 fully saturated rings. The van der Waals surface area contributed by atoms with Gasteiger partial charge in [-0.1, -0.05) is 0 Å². The van der Waals surface area contributed by atoms with E-state index in [2.05, 4.69) is 20.6 Å². The first kappa shape index (κ1) is 25.2. The van der Waals surface area contributed by atoms with Crippen LogP contribution < -0.4 is 10.6 Å². The van der Waals surface area contributed by atoms with Gasteiger partial charge >= 0.3 is 6.18 Å². The van der Waals surface area contributed by atoms with Crippen molar-refractivity contribution in [3.8, 4) is 0 Å². The number of nitrogens with one attached hydrogen (secondary N) is 2. The number of likely N-dealkylation sites (N-methyl/N-ethyl adjacent to an activating group) is 1. The number of halogens is 4. The van der Waals surface area contributed by atoms with Crippen LogP contribution in [0.2, 0.25) is 0 Å². The van der Waals surface area contributed by atoms with Crippen molar-refractivity contribution in [2.24, 2.45) is 4.99 Å². The third-order valence-corrected chi connectivity index (χ3v) is 4.50. The molecule has 1 amide bonds. The smallest absolute Gasteiger partial charge is 0.434 e. The zero-order valence-corrected chi connectivity index (χ0v) is 19.1. The lowest BCUT2D eigenvalue weighted by molar-refractivity contribution is -0.140. The molecule has 29 heavy (non-hydrogen) atoms. The zero-order valence-electron chi connectivity index (χ0n) is 16.0. The standard InChI is InChI=1S/C17H22F3N5O2S.HI/c1-25(2)15(26)10-23-16(21-7-5-12-4-3-9-27-12)22-8-6-14-24-13(11-28-14)17(18,19)20;/h3-4,9,11H,5-8,10H2,1-2H3,(H2,21,22,23);1H. The summed E-state index contributed by atoms with van der Waals surface area (Å²) < 4.78 is 43.1. The van der Waals surface area contributed by atoms with Crippen LogP contribution in [0.5, 0.6) is 0 Å². The molecule has 2 heterocycles. The minimum Gasteiger partial charge on any atom is -0.469 e. The summed E-state index contributed by atoms with van der Waals surface area (Å²) in [5, 5.41) is 7.47. The summed E-state index contributed by atoms with van der Waals surface area (Å²) >= 11 is 0.962. The Kier molecular flexibility index (Phi) is 10.4. The Hall–Kier alpha value is -1.83. The van der Waals surface area contributed by atoms with Gasteiger partial charge in [0, 0.05) is 45.4 Å². The molecule has 0 spiro atoms. The highest BCUT2D eigenvalue weighted by molar-refractivity contribution is 14.0. The fourth-order valence-corrected chi connectivity index (χ4v) is 2.87. The van der Waals surface area contributed by atoms with Crippen molar-refractivity contribution >= 4 is 47.2 Å². The summed E-state index contributed by atoms with van der Waals surface area (Å²) in [6, 6.07) is 3.64. The molecule has 0 unspecified atom stereocenters. The van der Waals surface area contributed by atoms with Crippen LogP contribution in [-0.4, -0.2) is 55.5 Å². The van der Waals surface area contributed by atoms with Crippen LogP contribution >= 0.6 is 35.3 Å². The van der Waals surface area contributed by atoms with Crippen molar-refractivity contribution < 1.29 is 22.4 Å². The molecule has 162 valence electrons. The van der Waals surface area contributed by atoms with Gasteiger partial charge in [0.05, 0.1) is 11.3 Å². The maximum absolute atomic E-state index is 12.6. The lowest BCUT2D eigenvalue weighted by atomic mass is 10.3. The molecule has 0 aliphatic rings. The van der Waals surface area contributed by atoms with E-state index in [0.29, 0.717) is 36.9 Å². The molecule has 12 heteroatoms. The van der Waals surface area contributed by atoms with Gasteiger partial charge in [0.15, 0.2) is 11.7 Å². The highest BCUT2D eigenvalue weighted by atomic mass is 127. The monoisotopic (exact) mass is 545 g/mol. The summed E-state index contributed by atoms with van der Waals surface area (Å²) in [6.45, 7) is 0.803. The van der Waals surface area contributed by atoms with Crippen LogP contribution in [0.3, 0.4) is 0 Å². The van der Waals surface area contributed by atoms with E-state index in [1.807, 2.05) is 6.07 Å². The number of amides is 1. The van der Waals surface area contributed by atoms with Gasteiger partial charge in [0.1, 0.15) is 12.3 Å². The fraction of sp³-hybridized carbons (Fsp3) is 0.471. The third kappa shape index (κ3) is 9.02. The van der Waals surface area contributed by atoms with Crippen molar-refractivity contribution in [2.45, 2.75) is 19.0 Å². The van der Waals surface area contributed by atoms with Gasteiger partial charge in [0.2, 0.25) is 5.91 Å². The predicted octanol–water partition coefficient (Wildman–Crippen LogP) is 2.78. The number of furan rings is 1. The molecule has 0 aromatic carbocycles. The van der Waals surface area contributed by atoms with Crippen LogP contribution in [-0.2, 0) is 23.8 Å². The molecule has 0 saturated heterocycles. The first-order valence-corrected chi connectivity index (χ1v) is 9.40. The molecule has 0 bridgehead atoms. The number of alkyl halides is 3. The van der Waals surface area contributed by atoms with E-state index < -0.39 is 11.9 Å². The molecule has 7 nitrogen and oxygen atoms in total. The second kappa shape index (κ2) is 12.0. The van der Waals surface area contributed by atoms with Crippen molar-refractivity contribution in [3.63, 3.8) is 0 Å². The topological polar surface area (TPSA) is 82.8 Å². The summed E-state index contributed by atoms with van der Waals surface area (Å²) in [7, 11) is 3.27. The van der Waals surface area contributed by atoms with Crippen LogP contribution in [0, 0.1) is 0 Å². The van der Waals surface area contributed by atoms with Crippen LogP contribution in [0.4, 0.5) is 13.2 Å². The van der Waals surface area contributed by atoms with Gasteiger partial charge in [-0.25, -0.2) is 9.98 Å². The lowest BCUT2D eigenvalue weighted by Gasteiger charge is -2.13. The average Bonchev–Trinajstić information content (AvgIpc) is 3.30. The van der Waals surface area contributed by atoms with Gasteiger partial charge in [-0.05, 0) is 12.1 Å². The van der Waals surface area contributed by atoms with Crippen LogP contribution in [0.25, 0.3) is 0 Å². The number of aromatic nitrogens is 1. The Morgan fingerprint density at radius 1 is 1.28 bits per heavy atom. The molecular weight excluding hydrogens is 522 g/mol. The summed E-state index contributed by atoms with van der Waals surface area (Å²) in [5.74, 6) is 1.04. The highest BCUT2D eigenvalue weighted by Gasteiger charge is 2.33. The molecule has 0 atom stereocenters. The van der Waals surface area contributed by atoms with Gasteiger partial charge in [-0.15, -0.1) is 35.3 Å². The molecule has 0 aliphatic heterocycles. The van der Waals surface area contributed by atoms with Crippen molar-refractivity contribution in [2.75, 3.05) is 33.7 Å². The van der Waals surface area contributed by atoms with Crippen molar-refractivity contribution in [3.05, 3.63) is 40.2 Å². The Labute approximate surface area is 187 Å². The normalized spacial score (nSPS) is 11.7. The summed E-state index contributed by atoms with van der Waals surface area (Å²) in [6.07, 6.45) is -1.92. The van der Waals surface area contributed by atoms with Crippen molar-refractivity contribution in [1.82, 2.24) is 20.5 Å². The second-order valence-corrected chi connectivity index (χ2v) is 6.95. The minimum atomic E-state index is -4.44. The number of aliphatic imine (C=N–C) groups is 1. The van der Waals surface area contributed by atoms with Gasteiger partial charge in [-0.2, -0.15) is 13.2 Å². The number of thiazole rings is 1. The van der Waals surface area contributed by atoms with E-state index in [1.54, 1.807) is 26.4 Å². The molecule has 2 aromatic rings. The van der Waals surface area contributed by atoms with Gasteiger partial charge < -0.3 is 20.0 Å². The van der Waals surface area contributed by atoms with E-state index in [4.69, 9.17) is 4.42 Å². The molecule has 0 aliphatic carbocycles. The fourth-order valence-electron chi connectivity index (χ4n) is 2.07. The van der Waals surface area contributed by atoms with E-state index in [1.165, 1.54) is 4.90 Å². The zero-order chi connectivity index (χ0) is 20.6. The molecule has 2 rings (SSSR count). The number of hydrogen-bond donors (Lipinski definition) is 2. The molecule has 0 radical (unpaired) electrons. The third-order valence-electron chi connectivity index (χ3n) is 3.59. The van der Waals surface area contributed by atoms with Crippen LogP contribution in [0.1, 0.15) is 16.5 Å². The predicted molar refractivity (Wildman–Crippen MR) is 116 cm³/mol. The van der Waals surface area contributed by atoms with E-state index in [-0.39, 0.29) is 36.4 Å².